The molecule has 0 amide bonds. The Morgan fingerprint density at radius 2 is 2.21 bits per heavy atom. The van der Waals surface area contributed by atoms with E-state index in [0.717, 1.165) is 18.4 Å². The fraction of sp³-hybridized carbons (Fsp3) is 0.357. The molecule has 0 saturated heterocycles. The van der Waals surface area contributed by atoms with E-state index in [-0.39, 0.29) is 5.69 Å². The molecule has 0 fully saturated rings. The van der Waals surface area contributed by atoms with Crippen molar-refractivity contribution >= 4 is 17.7 Å². The van der Waals surface area contributed by atoms with E-state index >= 15 is 0 Å². The lowest BCUT2D eigenvalue weighted by Gasteiger charge is -2.00. The standard InChI is InChI=1S/C14H17NO4/c1-3-4-9-19-14(16)8-6-12-5-7-13(15(17)18)11(2)10-12/h5-8,10H,3-4,9H2,1-2H3/b8-6+. The lowest BCUT2D eigenvalue weighted by molar-refractivity contribution is -0.385. The summed E-state index contributed by atoms with van der Waals surface area (Å²) in [5.41, 5.74) is 1.37. The van der Waals surface area contributed by atoms with Crippen LogP contribution in [0.3, 0.4) is 0 Å². The summed E-state index contributed by atoms with van der Waals surface area (Å²) in [5.74, 6) is -0.399. The van der Waals surface area contributed by atoms with Crippen LogP contribution in [0.1, 0.15) is 30.9 Å². The minimum absolute atomic E-state index is 0.0719. The van der Waals surface area contributed by atoms with Gasteiger partial charge in [-0.1, -0.05) is 13.3 Å². The minimum Gasteiger partial charge on any atom is -0.463 e. The molecule has 0 saturated carbocycles. The second-order valence-electron chi connectivity index (χ2n) is 4.16. The molecule has 0 aliphatic heterocycles. The lowest BCUT2D eigenvalue weighted by atomic mass is 10.1. The molecule has 1 aromatic rings. The second-order valence-corrected chi connectivity index (χ2v) is 4.16. The van der Waals surface area contributed by atoms with Crippen molar-refractivity contribution in [2.45, 2.75) is 26.7 Å². The van der Waals surface area contributed by atoms with E-state index in [2.05, 4.69) is 0 Å². The molecular weight excluding hydrogens is 246 g/mol. The lowest BCUT2D eigenvalue weighted by Crippen LogP contribution is -2.01. The molecule has 1 rings (SSSR count). The number of ether oxygens (including phenoxy) is 1. The van der Waals surface area contributed by atoms with Crippen molar-refractivity contribution in [3.8, 4) is 0 Å². The van der Waals surface area contributed by atoms with Crippen LogP contribution in [0.5, 0.6) is 0 Å². The van der Waals surface area contributed by atoms with E-state index in [4.69, 9.17) is 4.74 Å². The van der Waals surface area contributed by atoms with Gasteiger partial charge in [-0.2, -0.15) is 0 Å². The maximum absolute atomic E-state index is 11.3. The Hall–Kier alpha value is -2.17. The van der Waals surface area contributed by atoms with Crippen LogP contribution in [-0.4, -0.2) is 17.5 Å². The summed E-state index contributed by atoms with van der Waals surface area (Å²) in [4.78, 5) is 21.6. The van der Waals surface area contributed by atoms with E-state index < -0.39 is 10.9 Å². The average Bonchev–Trinajstić information content (AvgIpc) is 2.36. The van der Waals surface area contributed by atoms with E-state index in [0.29, 0.717) is 12.2 Å². The Morgan fingerprint density at radius 3 is 2.79 bits per heavy atom. The van der Waals surface area contributed by atoms with Crippen LogP contribution in [0.15, 0.2) is 24.3 Å². The van der Waals surface area contributed by atoms with Gasteiger partial charge in [0, 0.05) is 17.7 Å². The molecule has 1 aromatic carbocycles. The van der Waals surface area contributed by atoms with Crippen molar-refractivity contribution in [2.24, 2.45) is 0 Å². The van der Waals surface area contributed by atoms with Crippen molar-refractivity contribution in [1.29, 1.82) is 0 Å². The first kappa shape index (κ1) is 14.9. The number of nitrogens with zero attached hydrogens (tertiary/aromatic N) is 1. The first-order valence-electron chi connectivity index (χ1n) is 6.14. The zero-order valence-corrected chi connectivity index (χ0v) is 11.1. The number of rotatable bonds is 6. The number of carbonyl (C=O) groups excluding carboxylic acids is 1. The van der Waals surface area contributed by atoms with Crippen molar-refractivity contribution in [3.63, 3.8) is 0 Å². The van der Waals surface area contributed by atoms with Crippen LogP contribution in [0.4, 0.5) is 5.69 Å². The first-order chi connectivity index (χ1) is 9.04. The molecule has 0 heterocycles. The topological polar surface area (TPSA) is 69.4 Å². The highest BCUT2D eigenvalue weighted by molar-refractivity contribution is 5.87. The van der Waals surface area contributed by atoms with Gasteiger partial charge in [-0.3, -0.25) is 10.1 Å². The third kappa shape index (κ3) is 4.91. The molecule has 0 radical (unpaired) electrons. The number of aryl methyl sites for hydroxylation is 1. The van der Waals surface area contributed by atoms with Crippen molar-refractivity contribution in [2.75, 3.05) is 6.61 Å². The van der Waals surface area contributed by atoms with E-state index in [9.17, 15) is 14.9 Å². The van der Waals surface area contributed by atoms with Crippen molar-refractivity contribution < 1.29 is 14.5 Å². The highest BCUT2D eigenvalue weighted by Gasteiger charge is 2.09. The largest absolute Gasteiger partial charge is 0.463 e. The SMILES string of the molecule is CCCCOC(=O)/C=C/c1ccc([N+](=O)[O-])c(C)c1. The Morgan fingerprint density at radius 1 is 1.47 bits per heavy atom. The summed E-state index contributed by atoms with van der Waals surface area (Å²) in [6, 6.07) is 4.69. The molecule has 19 heavy (non-hydrogen) atoms. The summed E-state index contributed by atoms with van der Waals surface area (Å²) in [6.07, 6.45) is 4.73. The third-order valence-corrected chi connectivity index (χ3v) is 2.57. The van der Waals surface area contributed by atoms with Crippen LogP contribution in [0.25, 0.3) is 6.08 Å². The highest BCUT2D eigenvalue weighted by atomic mass is 16.6. The molecule has 0 bridgehead atoms. The number of nitro benzene ring substituents is 1. The van der Waals surface area contributed by atoms with Gasteiger partial charge in [0.05, 0.1) is 11.5 Å². The van der Waals surface area contributed by atoms with E-state index in [1.807, 2.05) is 6.92 Å². The number of hydrogen-bond acceptors (Lipinski definition) is 4. The molecule has 0 N–H and O–H groups in total. The minimum atomic E-state index is -0.429. The van der Waals surface area contributed by atoms with Crippen LogP contribution < -0.4 is 0 Å². The summed E-state index contributed by atoms with van der Waals surface area (Å²) in [6.45, 7) is 4.09. The second kappa shape index (κ2) is 7.31. The predicted octanol–water partition coefficient (Wildman–Crippen LogP) is 3.26. The monoisotopic (exact) mass is 263 g/mol. The molecule has 5 nitrogen and oxygen atoms in total. The first-order valence-corrected chi connectivity index (χ1v) is 6.14. The molecule has 0 unspecified atom stereocenters. The number of carbonyl (C=O) groups is 1. The molecule has 5 heteroatoms. The fourth-order valence-corrected chi connectivity index (χ4v) is 1.52. The number of unbranched alkanes of at least 4 members (excludes halogenated alkanes) is 1. The summed E-state index contributed by atoms with van der Waals surface area (Å²) >= 11 is 0. The molecule has 0 aromatic heterocycles. The molecule has 0 atom stereocenters. The Kier molecular flexibility index (Phi) is 5.73. The van der Waals surface area contributed by atoms with Gasteiger partial charge in [-0.05, 0) is 37.1 Å². The van der Waals surface area contributed by atoms with Crippen LogP contribution >= 0.6 is 0 Å². The van der Waals surface area contributed by atoms with Gasteiger partial charge >= 0.3 is 5.97 Å². The van der Waals surface area contributed by atoms with Crippen molar-refractivity contribution in [1.82, 2.24) is 0 Å². The molecule has 102 valence electrons. The molecule has 0 aliphatic rings. The average molecular weight is 263 g/mol. The van der Waals surface area contributed by atoms with Gasteiger partial charge in [0.2, 0.25) is 0 Å². The van der Waals surface area contributed by atoms with Gasteiger partial charge in [-0.25, -0.2) is 4.79 Å². The maximum atomic E-state index is 11.3. The summed E-state index contributed by atoms with van der Waals surface area (Å²) < 4.78 is 4.96. The zero-order chi connectivity index (χ0) is 14.3. The van der Waals surface area contributed by atoms with Gasteiger partial charge in [0.15, 0.2) is 0 Å². The predicted molar refractivity (Wildman–Crippen MR) is 72.7 cm³/mol. The van der Waals surface area contributed by atoms with Gasteiger partial charge < -0.3 is 4.74 Å². The molecule has 0 spiro atoms. The number of benzene rings is 1. The quantitative estimate of drug-likeness (QED) is 0.260. The molecular formula is C14H17NO4. The van der Waals surface area contributed by atoms with E-state index in [1.165, 1.54) is 12.1 Å². The zero-order valence-electron chi connectivity index (χ0n) is 11.1. The molecule has 0 aliphatic carbocycles. The van der Waals surface area contributed by atoms with Gasteiger partial charge in [0.1, 0.15) is 0 Å². The van der Waals surface area contributed by atoms with Crippen LogP contribution in [0.2, 0.25) is 0 Å². The van der Waals surface area contributed by atoms with Crippen LogP contribution in [0, 0.1) is 17.0 Å². The Balaban J connectivity index is 2.64. The number of esters is 1. The summed E-state index contributed by atoms with van der Waals surface area (Å²) in [5, 5.41) is 10.7. The smallest absolute Gasteiger partial charge is 0.330 e. The highest BCUT2D eigenvalue weighted by Crippen LogP contribution is 2.19. The normalized spacial score (nSPS) is 10.6. The number of hydrogen-bond donors (Lipinski definition) is 0. The third-order valence-electron chi connectivity index (χ3n) is 2.57. The van der Waals surface area contributed by atoms with Crippen molar-refractivity contribution in [3.05, 3.63) is 45.5 Å². The Labute approximate surface area is 112 Å². The summed E-state index contributed by atoms with van der Waals surface area (Å²) in [7, 11) is 0. The Bertz CT molecular complexity index is 494. The van der Waals surface area contributed by atoms with Gasteiger partial charge in [-0.15, -0.1) is 0 Å². The number of nitro groups is 1. The maximum Gasteiger partial charge on any atom is 0.330 e. The van der Waals surface area contributed by atoms with Gasteiger partial charge in [0.25, 0.3) is 5.69 Å². The fourth-order valence-electron chi connectivity index (χ4n) is 1.52. The van der Waals surface area contributed by atoms with Crippen LogP contribution in [-0.2, 0) is 9.53 Å². The van der Waals surface area contributed by atoms with E-state index in [1.54, 1.807) is 25.1 Å².